The molecule has 0 spiro atoms. The van der Waals surface area contributed by atoms with Gasteiger partial charge in [0.25, 0.3) is 0 Å². The summed E-state index contributed by atoms with van der Waals surface area (Å²) in [5.41, 5.74) is 0. The molecule has 0 heterocycles. The fourth-order valence-electron chi connectivity index (χ4n) is 0.877. The molecule has 0 radical (unpaired) electrons. The minimum absolute atomic E-state index is 0.216. The van der Waals surface area contributed by atoms with Crippen LogP contribution in [0.5, 0.6) is 0 Å². The molecular weight excluding hydrogens is 332 g/mol. The van der Waals surface area contributed by atoms with E-state index >= 15 is 0 Å². The molecule has 1 unspecified atom stereocenters. The van der Waals surface area contributed by atoms with E-state index < -0.39 is 24.0 Å². The van der Waals surface area contributed by atoms with Gasteiger partial charge in [0.2, 0.25) is 0 Å². The second-order valence-corrected chi connectivity index (χ2v) is 4.13. The monoisotopic (exact) mass is 356 g/mol. The van der Waals surface area contributed by atoms with Gasteiger partial charge in [-0.3, -0.25) is 0 Å². The molecule has 0 aliphatic carbocycles. The van der Waals surface area contributed by atoms with Crippen LogP contribution in [0.1, 0.15) is 6.92 Å². The van der Waals surface area contributed by atoms with Crippen molar-refractivity contribution in [2.75, 3.05) is 52.9 Å². The molecule has 24 heavy (non-hydrogen) atoms. The van der Waals surface area contributed by atoms with E-state index in [0.717, 1.165) is 0 Å². The molecule has 0 amide bonds. The summed E-state index contributed by atoms with van der Waals surface area (Å²) in [5.74, 6) is -3.21. The zero-order chi connectivity index (χ0) is 18.8. The van der Waals surface area contributed by atoms with Gasteiger partial charge in [-0.25, -0.2) is 14.4 Å². The molecule has 0 aromatic heterocycles. The highest BCUT2D eigenvalue weighted by Crippen LogP contribution is 1.83. The summed E-state index contributed by atoms with van der Waals surface area (Å²) >= 11 is 0. The van der Waals surface area contributed by atoms with Gasteiger partial charge in [0.1, 0.15) is 19.3 Å². The molecule has 0 fully saturated rings. The van der Waals surface area contributed by atoms with Gasteiger partial charge in [0, 0.05) is 0 Å². The van der Waals surface area contributed by atoms with Gasteiger partial charge in [0.15, 0.2) is 0 Å². The van der Waals surface area contributed by atoms with Gasteiger partial charge in [-0.15, -0.1) is 0 Å². The third-order valence-electron chi connectivity index (χ3n) is 1.92. The maximum atomic E-state index is 10.1. The Bertz CT molecular complexity index is 319. The highest BCUT2D eigenvalue weighted by molar-refractivity contribution is 5.71. The highest BCUT2D eigenvalue weighted by Gasteiger charge is 2.01. The first-order valence-corrected chi connectivity index (χ1v) is 6.92. The van der Waals surface area contributed by atoms with Crippen molar-refractivity contribution in [1.29, 1.82) is 0 Å². The van der Waals surface area contributed by atoms with E-state index in [-0.39, 0.29) is 26.4 Å². The van der Waals surface area contributed by atoms with Crippen molar-refractivity contribution in [3.63, 3.8) is 0 Å². The van der Waals surface area contributed by atoms with Crippen LogP contribution in [0.25, 0.3) is 0 Å². The molecule has 0 rings (SSSR count). The van der Waals surface area contributed by atoms with Crippen molar-refractivity contribution in [2.45, 2.75) is 13.0 Å². The maximum absolute atomic E-state index is 10.1. The molecule has 0 aliphatic heterocycles. The average Bonchev–Trinajstić information content (AvgIpc) is 2.48. The summed E-state index contributed by atoms with van der Waals surface area (Å²) in [6, 6.07) is 0. The third-order valence-corrected chi connectivity index (χ3v) is 1.92. The van der Waals surface area contributed by atoms with Gasteiger partial charge in [-0.2, -0.15) is 0 Å². The van der Waals surface area contributed by atoms with Crippen LogP contribution in [0, 0.1) is 0 Å². The third kappa shape index (κ3) is 25.2. The predicted octanol–water partition coefficient (Wildman–Crippen LogP) is -1.33. The number of rotatable bonds is 14. The molecule has 1 atom stereocenters. The topological polar surface area (TPSA) is 169 Å². The number of aliphatic carboxylic acids is 3. The minimum atomic E-state index is -1.23. The van der Waals surface area contributed by atoms with E-state index in [1.165, 1.54) is 6.92 Å². The number of carboxylic acid groups (broad SMARTS) is 3. The lowest BCUT2D eigenvalue weighted by Gasteiger charge is -2.06. The van der Waals surface area contributed by atoms with E-state index in [1.54, 1.807) is 0 Å². The van der Waals surface area contributed by atoms with Crippen LogP contribution in [0.4, 0.5) is 0 Å². The molecule has 11 heteroatoms. The summed E-state index contributed by atoms with van der Waals surface area (Å²) in [7, 11) is 0. The normalized spacial score (nSPS) is 11.2. The van der Waals surface area contributed by atoms with Crippen molar-refractivity contribution in [1.82, 2.24) is 0 Å². The number of carbonyl (C=O) groups is 3. The second-order valence-electron chi connectivity index (χ2n) is 4.13. The van der Waals surface area contributed by atoms with Crippen LogP contribution in [-0.2, 0) is 33.3 Å². The number of hydrogen-bond donors (Lipinski definition) is 4. The van der Waals surface area contributed by atoms with Gasteiger partial charge < -0.3 is 39.4 Å². The Morgan fingerprint density at radius 1 is 0.708 bits per heavy atom. The smallest absolute Gasteiger partial charge is 0.332 e. The van der Waals surface area contributed by atoms with Crippen LogP contribution in [0.15, 0.2) is 0 Å². The Morgan fingerprint density at radius 2 is 0.958 bits per heavy atom. The number of aliphatic hydroxyl groups excluding tert-OH is 1. The largest absolute Gasteiger partial charge is 0.480 e. The van der Waals surface area contributed by atoms with E-state index in [4.69, 9.17) is 39.4 Å². The molecule has 0 bridgehead atoms. The number of aliphatic hydroxyl groups is 1. The molecule has 0 aromatic carbocycles. The Labute approximate surface area is 138 Å². The van der Waals surface area contributed by atoms with Crippen molar-refractivity contribution in [3.05, 3.63) is 0 Å². The first kappa shape index (κ1) is 24.5. The van der Waals surface area contributed by atoms with Gasteiger partial charge >= 0.3 is 17.9 Å². The summed E-state index contributed by atoms with van der Waals surface area (Å²) < 4.78 is 19.6. The van der Waals surface area contributed by atoms with Crippen LogP contribution in [0.2, 0.25) is 0 Å². The molecule has 142 valence electrons. The second kappa shape index (κ2) is 17.6. The summed E-state index contributed by atoms with van der Waals surface area (Å²) in [4.78, 5) is 29.6. The van der Waals surface area contributed by atoms with E-state index in [2.05, 4.69) is 0 Å². The van der Waals surface area contributed by atoms with Gasteiger partial charge in [-0.05, 0) is 6.92 Å². The predicted molar refractivity (Wildman–Crippen MR) is 77.9 cm³/mol. The van der Waals surface area contributed by atoms with E-state index in [1.807, 2.05) is 0 Å². The van der Waals surface area contributed by atoms with Crippen molar-refractivity contribution in [2.24, 2.45) is 0 Å². The zero-order valence-corrected chi connectivity index (χ0v) is 13.4. The van der Waals surface area contributed by atoms with Gasteiger partial charge in [0.05, 0.1) is 39.6 Å². The maximum Gasteiger partial charge on any atom is 0.332 e. The Hall–Kier alpha value is -1.79. The molecular formula is C13H24O11. The molecule has 0 saturated carbocycles. The molecule has 4 N–H and O–H groups in total. The Balaban J connectivity index is 0. The standard InChI is InChI=1S/C10H18O8.C3H6O3/c11-9(12)7-17-5-3-15-1-2-16-4-6-18-8-10(13)14;1-2(4)3(5)6/h1-8H2,(H,11,12)(H,13,14);2,4H,1H3,(H,5,6). The zero-order valence-electron chi connectivity index (χ0n) is 13.4. The lowest BCUT2D eigenvalue weighted by atomic mass is 10.4. The molecule has 0 aliphatic rings. The molecule has 0 saturated heterocycles. The average molecular weight is 356 g/mol. The highest BCUT2D eigenvalue weighted by atomic mass is 16.6. The quantitative estimate of drug-likeness (QED) is 0.272. The summed E-state index contributed by atoms with van der Waals surface area (Å²) in [6.45, 7) is 2.27. The minimum Gasteiger partial charge on any atom is -0.480 e. The van der Waals surface area contributed by atoms with Crippen LogP contribution < -0.4 is 0 Å². The van der Waals surface area contributed by atoms with Crippen molar-refractivity contribution < 1.29 is 53.8 Å². The van der Waals surface area contributed by atoms with Crippen LogP contribution in [0.3, 0.4) is 0 Å². The Kier molecular flexibility index (Phi) is 17.9. The number of ether oxygens (including phenoxy) is 4. The van der Waals surface area contributed by atoms with Crippen molar-refractivity contribution >= 4 is 17.9 Å². The summed E-state index contributed by atoms with van der Waals surface area (Å²) in [6.07, 6.45) is -1.23. The first-order chi connectivity index (χ1) is 11.3. The Morgan fingerprint density at radius 3 is 1.17 bits per heavy atom. The number of carboxylic acids is 3. The summed E-state index contributed by atoms with van der Waals surface area (Å²) in [5, 5.41) is 32.3. The van der Waals surface area contributed by atoms with Crippen LogP contribution in [-0.4, -0.2) is 97.3 Å². The molecule has 0 aromatic rings. The first-order valence-electron chi connectivity index (χ1n) is 6.92. The van der Waals surface area contributed by atoms with Crippen LogP contribution >= 0.6 is 0 Å². The van der Waals surface area contributed by atoms with Gasteiger partial charge in [-0.1, -0.05) is 0 Å². The van der Waals surface area contributed by atoms with E-state index in [0.29, 0.717) is 26.4 Å². The fourth-order valence-corrected chi connectivity index (χ4v) is 0.877. The lowest BCUT2D eigenvalue weighted by molar-refractivity contribution is -0.145. The lowest BCUT2D eigenvalue weighted by Crippen LogP contribution is -2.15. The SMILES string of the molecule is CC(O)C(=O)O.O=C(O)COCCOCCOCCOCC(=O)O. The van der Waals surface area contributed by atoms with E-state index in [9.17, 15) is 14.4 Å². The number of hydrogen-bond acceptors (Lipinski definition) is 8. The fraction of sp³-hybridized carbons (Fsp3) is 0.769. The van der Waals surface area contributed by atoms with Crippen molar-refractivity contribution in [3.8, 4) is 0 Å². The molecule has 11 nitrogen and oxygen atoms in total.